The van der Waals surface area contributed by atoms with Crippen molar-refractivity contribution >= 4 is 52.1 Å². The molecule has 2 rings (SSSR count). The molecular weight excluding hydrogens is 300 g/mol. The summed E-state index contributed by atoms with van der Waals surface area (Å²) in [4.78, 5) is 0. The average molecular weight is 307 g/mol. The molecule has 1 nitrogen and oxygen atoms in total. The Labute approximate surface area is 119 Å². The van der Waals surface area contributed by atoms with Crippen LogP contribution in [-0.2, 0) is 0 Å². The van der Waals surface area contributed by atoms with Crippen LogP contribution in [0.3, 0.4) is 0 Å². The molecule has 0 heterocycles. The van der Waals surface area contributed by atoms with Crippen molar-refractivity contribution in [3.05, 3.63) is 50.4 Å². The minimum absolute atomic E-state index is 0.274. The van der Waals surface area contributed by atoms with Crippen molar-refractivity contribution in [2.24, 2.45) is 0 Å². The van der Waals surface area contributed by atoms with Gasteiger partial charge >= 0.3 is 0 Å². The molecule has 0 spiro atoms. The Balaban J connectivity index is 2.77. The fourth-order valence-electron chi connectivity index (χ4n) is 1.54. The number of nitrogen functional groups attached to an aromatic ring is 1. The molecule has 0 saturated carbocycles. The fraction of sp³-hybridized carbons (Fsp3) is 0. The van der Waals surface area contributed by atoms with E-state index < -0.39 is 0 Å². The molecule has 2 aromatic rings. The standard InChI is InChI=1S/C12H7Cl4N/c13-7-5-8(14)11(15)12(16)10(7)6-3-1-2-4-9(6)17/h1-5H,17H2. The Bertz CT molecular complexity index is 581. The van der Waals surface area contributed by atoms with Gasteiger partial charge in [0.25, 0.3) is 0 Å². The summed E-state index contributed by atoms with van der Waals surface area (Å²) in [6.07, 6.45) is 0. The minimum Gasteiger partial charge on any atom is -0.398 e. The molecule has 5 heteroatoms. The van der Waals surface area contributed by atoms with E-state index >= 15 is 0 Å². The van der Waals surface area contributed by atoms with Crippen LogP contribution in [0.25, 0.3) is 11.1 Å². The lowest BCUT2D eigenvalue weighted by atomic mass is 10.0. The largest absolute Gasteiger partial charge is 0.398 e. The second-order valence-electron chi connectivity index (χ2n) is 3.43. The van der Waals surface area contributed by atoms with Crippen LogP contribution in [0, 0.1) is 0 Å². The Hall–Kier alpha value is -0.600. The second kappa shape index (κ2) is 4.95. The van der Waals surface area contributed by atoms with Gasteiger partial charge in [-0.25, -0.2) is 0 Å². The summed E-state index contributed by atoms with van der Waals surface area (Å²) in [7, 11) is 0. The van der Waals surface area contributed by atoms with Crippen molar-refractivity contribution in [3.63, 3.8) is 0 Å². The molecule has 0 atom stereocenters. The first-order valence-electron chi connectivity index (χ1n) is 4.70. The highest BCUT2D eigenvalue weighted by Crippen LogP contribution is 2.44. The van der Waals surface area contributed by atoms with Crippen LogP contribution in [0.4, 0.5) is 5.69 Å². The molecule has 17 heavy (non-hydrogen) atoms. The first-order chi connectivity index (χ1) is 8.02. The zero-order valence-electron chi connectivity index (χ0n) is 8.48. The maximum absolute atomic E-state index is 6.15. The number of hydrogen-bond acceptors (Lipinski definition) is 1. The summed E-state index contributed by atoms with van der Waals surface area (Å²) in [5, 5.41) is 1.32. The van der Waals surface area contributed by atoms with E-state index in [1.807, 2.05) is 18.2 Å². The lowest BCUT2D eigenvalue weighted by molar-refractivity contribution is 1.60. The first kappa shape index (κ1) is 12.8. The van der Waals surface area contributed by atoms with E-state index in [2.05, 4.69) is 0 Å². The van der Waals surface area contributed by atoms with Gasteiger partial charge in [-0.1, -0.05) is 64.6 Å². The Morgan fingerprint density at radius 2 is 1.47 bits per heavy atom. The van der Waals surface area contributed by atoms with Gasteiger partial charge in [-0.05, 0) is 12.1 Å². The van der Waals surface area contributed by atoms with Crippen molar-refractivity contribution in [1.29, 1.82) is 0 Å². The third-order valence-electron chi connectivity index (χ3n) is 2.34. The number of rotatable bonds is 1. The second-order valence-corrected chi connectivity index (χ2v) is 5.00. The van der Waals surface area contributed by atoms with Crippen LogP contribution in [0.1, 0.15) is 0 Å². The third-order valence-corrected chi connectivity index (χ3v) is 3.90. The SMILES string of the molecule is Nc1ccccc1-c1c(Cl)cc(Cl)c(Cl)c1Cl. The van der Waals surface area contributed by atoms with E-state index in [1.54, 1.807) is 12.1 Å². The maximum atomic E-state index is 6.15. The van der Waals surface area contributed by atoms with Crippen LogP contribution < -0.4 is 5.73 Å². The quantitative estimate of drug-likeness (QED) is 0.417. The van der Waals surface area contributed by atoms with Gasteiger partial charge in [-0.2, -0.15) is 0 Å². The van der Waals surface area contributed by atoms with E-state index in [9.17, 15) is 0 Å². The Morgan fingerprint density at radius 1 is 0.824 bits per heavy atom. The summed E-state index contributed by atoms with van der Waals surface area (Å²) < 4.78 is 0. The monoisotopic (exact) mass is 305 g/mol. The number of halogens is 4. The number of benzene rings is 2. The molecule has 0 aliphatic heterocycles. The molecular formula is C12H7Cl4N. The summed E-state index contributed by atoms with van der Waals surface area (Å²) >= 11 is 24.2. The summed E-state index contributed by atoms with van der Waals surface area (Å²) in [6, 6.07) is 8.83. The van der Waals surface area contributed by atoms with Crippen molar-refractivity contribution in [1.82, 2.24) is 0 Å². The van der Waals surface area contributed by atoms with E-state index in [0.29, 0.717) is 26.3 Å². The molecule has 88 valence electrons. The van der Waals surface area contributed by atoms with E-state index in [4.69, 9.17) is 52.1 Å². The van der Waals surface area contributed by atoms with Gasteiger partial charge in [0, 0.05) is 16.8 Å². The zero-order chi connectivity index (χ0) is 12.6. The third kappa shape index (κ3) is 2.34. The van der Waals surface area contributed by atoms with Gasteiger partial charge in [-0.15, -0.1) is 0 Å². The molecule has 0 aliphatic rings. The number of nitrogens with two attached hydrogens (primary N) is 1. The number of hydrogen-bond donors (Lipinski definition) is 1. The van der Waals surface area contributed by atoms with Gasteiger partial charge in [0.15, 0.2) is 0 Å². The Morgan fingerprint density at radius 3 is 2.12 bits per heavy atom. The molecule has 0 unspecified atom stereocenters. The van der Waals surface area contributed by atoms with E-state index in [0.717, 1.165) is 5.56 Å². The van der Waals surface area contributed by atoms with Crippen molar-refractivity contribution in [3.8, 4) is 11.1 Å². The molecule has 0 bridgehead atoms. The van der Waals surface area contributed by atoms with Crippen molar-refractivity contribution in [2.75, 3.05) is 5.73 Å². The topological polar surface area (TPSA) is 26.0 Å². The minimum atomic E-state index is 0.274. The molecule has 2 aromatic carbocycles. The fourth-order valence-corrected chi connectivity index (χ4v) is 2.65. The van der Waals surface area contributed by atoms with Crippen LogP contribution in [0.5, 0.6) is 0 Å². The van der Waals surface area contributed by atoms with Gasteiger partial charge in [-0.3, -0.25) is 0 Å². The Kier molecular flexibility index (Phi) is 3.74. The summed E-state index contributed by atoms with van der Waals surface area (Å²) in [6.45, 7) is 0. The van der Waals surface area contributed by atoms with Crippen LogP contribution >= 0.6 is 46.4 Å². The molecule has 0 aliphatic carbocycles. The van der Waals surface area contributed by atoms with E-state index in [-0.39, 0.29) is 5.02 Å². The number of para-hydroxylation sites is 1. The maximum Gasteiger partial charge on any atom is 0.0785 e. The molecule has 0 saturated heterocycles. The van der Waals surface area contributed by atoms with Gasteiger partial charge in [0.1, 0.15) is 0 Å². The lowest BCUT2D eigenvalue weighted by Gasteiger charge is -2.12. The zero-order valence-corrected chi connectivity index (χ0v) is 11.5. The van der Waals surface area contributed by atoms with Crippen LogP contribution in [0.2, 0.25) is 20.1 Å². The predicted molar refractivity (Wildman–Crippen MR) is 76.3 cm³/mol. The molecule has 0 amide bonds. The van der Waals surface area contributed by atoms with Gasteiger partial charge in [0.2, 0.25) is 0 Å². The van der Waals surface area contributed by atoms with Crippen molar-refractivity contribution < 1.29 is 0 Å². The normalized spacial score (nSPS) is 10.6. The lowest BCUT2D eigenvalue weighted by Crippen LogP contribution is -1.91. The van der Waals surface area contributed by atoms with Crippen LogP contribution in [-0.4, -0.2) is 0 Å². The van der Waals surface area contributed by atoms with Crippen LogP contribution in [0.15, 0.2) is 30.3 Å². The predicted octanol–water partition coefficient (Wildman–Crippen LogP) is 5.55. The molecule has 0 radical (unpaired) electrons. The summed E-state index contributed by atoms with van der Waals surface area (Å²) in [5.41, 5.74) is 7.80. The number of anilines is 1. The average Bonchev–Trinajstić information content (AvgIpc) is 2.29. The van der Waals surface area contributed by atoms with E-state index in [1.165, 1.54) is 0 Å². The molecule has 2 N–H and O–H groups in total. The molecule has 0 aromatic heterocycles. The highest BCUT2D eigenvalue weighted by atomic mass is 35.5. The molecule has 0 fully saturated rings. The highest BCUT2D eigenvalue weighted by Gasteiger charge is 2.16. The van der Waals surface area contributed by atoms with Crippen molar-refractivity contribution in [2.45, 2.75) is 0 Å². The first-order valence-corrected chi connectivity index (χ1v) is 6.21. The summed E-state index contributed by atoms with van der Waals surface area (Å²) in [5.74, 6) is 0. The van der Waals surface area contributed by atoms with Gasteiger partial charge < -0.3 is 5.73 Å². The smallest absolute Gasteiger partial charge is 0.0785 e. The highest BCUT2D eigenvalue weighted by molar-refractivity contribution is 6.51. The van der Waals surface area contributed by atoms with Gasteiger partial charge in [0.05, 0.1) is 20.1 Å².